The van der Waals surface area contributed by atoms with Crippen LogP contribution in [0, 0.1) is 0 Å². The molecule has 0 bridgehead atoms. The standard InChI is InChI=1S/C12H7Cl2NO2/c13-10-3-1-2-7(11(10)14)9-6-15-5-4-8(9)12(16)17/h1-6H,(H,16,17). The number of nitrogens with zero attached hydrogens (tertiary/aromatic N) is 1. The first-order chi connectivity index (χ1) is 8.11. The van der Waals surface area contributed by atoms with E-state index in [0.717, 1.165) is 0 Å². The number of pyridine rings is 1. The van der Waals surface area contributed by atoms with Gasteiger partial charge in [-0.05, 0) is 12.1 Å². The molecule has 86 valence electrons. The Bertz CT molecular complexity index is 584. The summed E-state index contributed by atoms with van der Waals surface area (Å²) in [7, 11) is 0. The fourth-order valence-corrected chi connectivity index (χ4v) is 1.91. The molecule has 0 aliphatic rings. The van der Waals surface area contributed by atoms with Gasteiger partial charge in [-0.25, -0.2) is 4.79 Å². The van der Waals surface area contributed by atoms with Crippen LogP contribution in [-0.2, 0) is 0 Å². The quantitative estimate of drug-likeness (QED) is 0.902. The van der Waals surface area contributed by atoms with Crippen LogP contribution in [0.3, 0.4) is 0 Å². The van der Waals surface area contributed by atoms with Gasteiger partial charge < -0.3 is 5.11 Å². The lowest BCUT2D eigenvalue weighted by Crippen LogP contribution is -2.00. The van der Waals surface area contributed by atoms with Gasteiger partial charge in [0, 0.05) is 23.5 Å². The van der Waals surface area contributed by atoms with E-state index in [9.17, 15) is 4.79 Å². The number of benzene rings is 1. The summed E-state index contributed by atoms with van der Waals surface area (Å²) < 4.78 is 0. The number of aromatic carboxylic acids is 1. The average Bonchev–Trinajstić information content (AvgIpc) is 2.33. The van der Waals surface area contributed by atoms with E-state index in [2.05, 4.69) is 4.98 Å². The average molecular weight is 268 g/mol. The van der Waals surface area contributed by atoms with Crippen LogP contribution >= 0.6 is 23.2 Å². The zero-order chi connectivity index (χ0) is 12.4. The number of carboxylic acids is 1. The molecule has 1 aromatic carbocycles. The molecule has 1 heterocycles. The zero-order valence-electron chi connectivity index (χ0n) is 8.52. The van der Waals surface area contributed by atoms with Crippen LogP contribution < -0.4 is 0 Å². The van der Waals surface area contributed by atoms with Gasteiger partial charge in [0.05, 0.1) is 15.6 Å². The topological polar surface area (TPSA) is 50.2 Å². The molecule has 5 heteroatoms. The summed E-state index contributed by atoms with van der Waals surface area (Å²) in [6, 6.07) is 6.49. The summed E-state index contributed by atoms with van der Waals surface area (Å²) in [6.07, 6.45) is 2.88. The highest BCUT2D eigenvalue weighted by molar-refractivity contribution is 6.43. The van der Waals surface area contributed by atoms with E-state index in [4.69, 9.17) is 28.3 Å². The highest BCUT2D eigenvalue weighted by Gasteiger charge is 2.14. The molecule has 2 rings (SSSR count). The minimum absolute atomic E-state index is 0.143. The molecule has 17 heavy (non-hydrogen) atoms. The van der Waals surface area contributed by atoms with Gasteiger partial charge in [0.1, 0.15) is 0 Å². The Labute approximate surface area is 108 Å². The Morgan fingerprint density at radius 3 is 2.65 bits per heavy atom. The Balaban J connectivity index is 2.69. The number of carbonyl (C=O) groups is 1. The highest BCUT2D eigenvalue weighted by atomic mass is 35.5. The molecule has 1 aromatic heterocycles. The van der Waals surface area contributed by atoms with Crippen molar-refractivity contribution in [2.24, 2.45) is 0 Å². The van der Waals surface area contributed by atoms with E-state index < -0.39 is 5.97 Å². The summed E-state index contributed by atoms with van der Waals surface area (Å²) in [5.74, 6) is -1.03. The first-order valence-corrected chi connectivity index (χ1v) is 5.48. The lowest BCUT2D eigenvalue weighted by molar-refractivity contribution is 0.0697. The van der Waals surface area contributed by atoms with Crippen molar-refractivity contribution in [3.8, 4) is 11.1 Å². The maximum absolute atomic E-state index is 11.1. The van der Waals surface area contributed by atoms with E-state index >= 15 is 0 Å². The van der Waals surface area contributed by atoms with Crippen molar-refractivity contribution in [2.75, 3.05) is 0 Å². The van der Waals surface area contributed by atoms with Crippen LogP contribution in [0.2, 0.25) is 10.0 Å². The SMILES string of the molecule is O=C(O)c1ccncc1-c1cccc(Cl)c1Cl. The second-order valence-corrected chi connectivity index (χ2v) is 4.11. The molecule has 0 unspecified atom stereocenters. The van der Waals surface area contributed by atoms with Crippen molar-refractivity contribution in [3.05, 3.63) is 52.3 Å². The van der Waals surface area contributed by atoms with Gasteiger partial charge >= 0.3 is 5.97 Å². The second-order valence-electron chi connectivity index (χ2n) is 3.33. The molecule has 0 atom stereocenters. The number of rotatable bonds is 2. The molecule has 0 aliphatic carbocycles. The number of carboxylic acid groups (broad SMARTS) is 1. The highest BCUT2D eigenvalue weighted by Crippen LogP contribution is 2.34. The molecule has 3 nitrogen and oxygen atoms in total. The van der Waals surface area contributed by atoms with Crippen LogP contribution in [0.4, 0.5) is 0 Å². The fourth-order valence-electron chi connectivity index (χ4n) is 1.51. The molecular weight excluding hydrogens is 261 g/mol. The summed E-state index contributed by atoms with van der Waals surface area (Å²) in [4.78, 5) is 15.0. The molecule has 0 aliphatic heterocycles. The van der Waals surface area contributed by atoms with Gasteiger partial charge in [-0.2, -0.15) is 0 Å². The Kier molecular flexibility index (Phi) is 3.31. The van der Waals surface area contributed by atoms with Gasteiger partial charge in [-0.15, -0.1) is 0 Å². The largest absolute Gasteiger partial charge is 0.478 e. The van der Waals surface area contributed by atoms with E-state index in [-0.39, 0.29) is 5.56 Å². The van der Waals surface area contributed by atoms with Gasteiger partial charge in [0.2, 0.25) is 0 Å². The third-order valence-electron chi connectivity index (χ3n) is 2.29. The molecule has 0 saturated heterocycles. The zero-order valence-corrected chi connectivity index (χ0v) is 10.0. The molecular formula is C12H7Cl2NO2. The smallest absolute Gasteiger partial charge is 0.336 e. The first kappa shape index (κ1) is 11.9. The second kappa shape index (κ2) is 4.73. The van der Waals surface area contributed by atoms with Crippen molar-refractivity contribution >= 4 is 29.2 Å². The van der Waals surface area contributed by atoms with Gasteiger partial charge in [0.25, 0.3) is 0 Å². The Hall–Kier alpha value is -1.58. The predicted molar refractivity (Wildman–Crippen MR) is 66.7 cm³/mol. The van der Waals surface area contributed by atoms with E-state index in [0.29, 0.717) is 21.2 Å². The first-order valence-electron chi connectivity index (χ1n) is 4.73. The minimum atomic E-state index is -1.03. The number of hydrogen-bond acceptors (Lipinski definition) is 2. The summed E-state index contributed by atoms with van der Waals surface area (Å²) >= 11 is 11.9. The van der Waals surface area contributed by atoms with E-state index in [1.54, 1.807) is 18.2 Å². The van der Waals surface area contributed by atoms with Gasteiger partial charge in [0.15, 0.2) is 0 Å². The number of halogens is 2. The van der Waals surface area contributed by atoms with E-state index in [1.165, 1.54) is 18.5 Å². The monoisotopic (exact) mass is 267 g/mol. The van der Waals surface area contributed by atoms with Gasteiger partial charge in [-0.1, -0.05) is 35.3 Å². The molecule has 0 saturated carbocycles. The number of hydrogen-bond donors (Lipinski definition) is 1. The maximum Gasteiger partial charge on any atom is 0.336 e. The maximum atomic E-state index is 11.1. The van der Waals surface area contributed by atoms with Crippen LogP contribution in [0.25, 0.3) is 11.1 Å². The van der Waals surface area contributed by atoms with Crippen LogP contribution in [-0.4, -0.2) is 16.1 Å². The van der Waals surface area contributed by atoms with Crippen molar-refractivity contribution in [2.45, 2.75) is 0 Å². The normalized spacial score (nSPS) is 10.2. The Morgan fingerprint density at radius 2 is 1.94 bits per heavy atom. The summed E-state index contributed by atoms with van der Waals surface area (Å²) in [5, 5.41) is 9.79. The minimum Gasteiger partial charge on any atom is -0.478 e. The molecule has 0 spiro atoms. The predicted octanol–water partition coefficient (Wildman–Crippen LogP) is 3.75. The third-order valence-corrected chi connectivity index (χ3v) is 3.11. The number of aromatic nitrogens is 1. The lowest BCUT2D eigenvalue weighted by Gasteiger charge is -2.08. The van der Waals surface area contributed by atoms with Crippen molar-refractivity contribution in [3.63, 3.8) is 0 Å². The molecule has 1 N–H and O–H groups in total. The molecule has 0 fully saturated rings. The summed E-state index contributed by atoms with van der Waals surface area (Å²) in [6.45, 7) is 0. The Morgan fingerprint density at radius 1 is 1.18 bits per heavy atom. The van der Waals surface area contributed by atoms with Gasteiger partial charge in [-0.3, -0.25) is 4.98 Å². The van der Waals surface area contributed by atoms with Crippen LogP contribution in [0.1, 0.15) is 10.4 Å². The fraction of sp³-hybridized carbons (Fsp3) is 0. The lowest BCUT2D eigenvalue weighted by atomic mass is 10.0. The van der Waals surface area contributed by atoms with Crippen molar-refractivity contribution in [1.29, 1.82) is 0 Å². The van der Waals surface area contributed by atoms with Crippen LogP contribution in [0.15, 0.2) is 36.7 Å². The molecule has 2 aromatic rings. The van der Waals surface area contributed by atoms with Crippen molar-refractivity contribution in [1.82, 2.24) is 4.98 Å². The summed E-state index contributed by atoms with van der Waals surface area (Å²) in [5.41, 5.74) is 1.15. The molecule has 0 amide bonds. The van der Waals surface area contributed by atoms with Crippen molar-refractivity contribution < 1.29 is 9.90 Å². The third kappa shape index (κ3) is 2.25. The van der Waals surface area contributed by atoms with Crippen LogP contribution in [0.5, 0.6) is 0 Å². The van der Waals surface area contributed by atoms with E-state index in [1.807, 2.05) is 0 Å². The molecule has 0 radical (unpaired) electrons.